The van der Waals surface area contributed by atoms with Gasteiger partial charge in [-0.3, -0.25) is 4.79 Å². The topological polar surface area (TPSA) is 55.1 Å². The van der Waals surface area contributed by atoms with Crippen LogP contribution in [0, 0.1) is 0 Å². The summed E-state index contributed by atoms with van der Waals surface area (Å²) in [5.41, 5.74) is 8.10. The van der Waals surface area contributed by atoms with Gasteiger partial charge in [0.2, 0.25) is 5.91 Å². The number of thiophene rings is 1. The van der Waals surface area contributed by atoms with E-state index in [2.05, 4.69) is 21.2 Å². The van der Waals surface area contributed by atoms with E-state index < -0.39 is 0 Å². The fraction of sp³-hybridized carbons (Fsp3) is 0.0833. The average Bonchev–Trinajstić information content (AvgIpc) is 2.76. The molecule has 2 rings (SSSR count). The minimum absolute atomic E-state index is 0.0277. The van der Waals surface area contributed by atoms with E-state index in [-0.39, 0.29) is 5.91 Å². The number of nitrogen functional groups attached to an aromatic ring is 1. The average molecular weight is 311 g/mol. The predicted octanol–water partition coefficient (Wildman–Crippen LogP) is 3.27. The first kappa shape index (κ1) is 12.1. The second-order valence-electron chi connectivity index (χ2n) is 3.59. The van der Waals surface area contributed by atoms with Gasteiger partial charge in [-0.2, -0.15) is 11.3 Å². The number of rotatable bonds is 3. The van der Waals surface area contributed by atoms with Crippen LogP contribution in [0.2, 0.25) is 0 Å². The molecule has 0 saturated carbocycles. The molecule has 0 aliphatic heterocycles. The number of hydrogen-bond donors (Lipinski definition) is 2. The molecule has 1 aromatic heterocycles. The zero-order valence-electron chi connectivity index (χ0n) is 8.94. The molecule has 17 heavy (non-hydrogen) atoms. The fourth-order valence-electron chi connectivity index (χ4n) is 1.39. The van der Waals surface area contributed by atoms with Gasteiger partial charge in [-0.25, -0.2) is 0 Å². The van der Waals surface area contributed by atoms with Crippen LogP contribution in [0.5, 0.6) is 0 Å². The van der Waals surface area contributed by atoms with Crippen LogP contribution in [0.25, 0.3) is 0 Å². The van der Waals surface area contributed by atoms with Crippen LogP contribution in [-0.4, -0.2) is 5.91 Å². The lowest BCUT2D eigenvalue weighted by Crippen LogP contribution is -2.13. The van der Waals surface area contributed by atoms with E-state index in [1.165, 1.54) is 0 Å². The second kappa shape index (κ2) is 5.33. The molecule has 0 radical (unpaired) electrons. The maximum atomic E-state index is 11.7. The molecular weight excluding hydrogens is 300 g/mol. The molecule has 0 spiro atoms. The van der Waals surface area contributed by atoms with Crippen molar-refractivity contribution in [1.29, 1.82) is 0 Å². The van der Waals surface area contributed by atoms with Crippen LogP contribution in [0.4, 0.5) is 11.4 Å². The molecule has 0 aliphatic rings. The number of amides is 1. The lowest BCUT2D eigenvalue weighted by molar-refractivity contribution is -0.115. The summed E-state index contributed by atoms with van der Waals surface area (Å²) >= 11 is 4.91. The third-order valence-corrected chi connectivity index (χ3v) is 3.65. The summed E-state index contributed by atoms with van der Waals surface area (Å²) in [7, 11) is 0. The minimum atomic E-state index is -0.0277. The van der Waals surface area contributed by atoms with Crippen molar-refractivity contribution in [2.24, 2.45) is 0 Å². The molecule has 1 aromatic carbocycles. The molecule has 88 valence electrons. The largest absolute Gasteiger partial charge is 0.398 e. The second-order valence-corrected chi connectivity index (χ2v) is 5.23. The van der Waals surface area contributed by atoms with Gasteiger partial charge in [0.25, 0.3) is 0 Å². The standard InChI is InChI=1S/C12H11BrN2OS/c13-10-6-9(1-2-11(10)14)15-12(16)5-8-3-4-17-7-8/h1-4,6-7H,5,14H2,(H,15,16). The van der Waals surface area contributed by atoms with Crippen molar-refractivity contribution in [3.63, 3.8) is 0 Å². The zero-order valence-corrected chi connectivity index (χ0v) is 11.3. The number of anilines is 2. The molecule has 2 aromatic rings. The van der Waals surface area contributed by atoms with E-state index >= 15 is 0 Å². The quantitative estimate of drug-likeness (QED) is 0.855. The maximum absolute atomic E-state index is 11.7. The van der Waals surface area contributed by atoms with Crippen LogP contribution in [0.1, 0.15) is 5.56 Å². The number of halogens is 1. The number of hydrogen-bond acceptors (Lipinski definition) is 3. The van der Waals surface area contributed by atoms with E-state index in [1.807, 2.05) is 16.8 Å². The third kappa shape index (κ3) is 3.31. The number of carbonyl (C=O) groups excluding carboxylic acids is 1. The van der Waals surface area contributed by atoms with Gasteiger partial charge in [-0.15, -0.1) is 0 Å². The van der Waals surface area contributed by atoms with Gasteiger partial charge in [0, 0.05) is 15.8 Å². The lowest BCUT2D eigenvalue weighted by atomic mass is 10.2. The first-order valence-corrected chi connectivity index (χ1v) is 6.74. The van der Waals surface area contributed by atoms with Crippen molar-refractivity contribution < 1.29 is 4.79 Å². The highest BCUT2D eigenvalue weighted by Crippen LogP contribution is 2.23. The van der Waals surface area contributed by atoms with Gasteiger partial charge in [-0.05, 0) is 56.5 Å². The van der Waals surface area contributed by atoms with Gasteiger partial charge in [0.15, 0.2) is 0 Å². The molecule has 1 amide bonds. The van der Waals surface area contributed by atoms with E-state index in [4.69, 9.17) is 5.73 Å². The van der Waals surface area contributed by atoms with Crippen LogP contribution >= 0.6 is 27.3 Å². The Morgan fingerprint density at radius 3 is 2.88 bits per heavy atom. The summed E-state index contributed by atoms with van der Waals surface area (Å²) in [4.78, 5) is 11.7. The lowest BCUT2D eigenvalue weighted by Gasteiger charge is -2.06. The SMILES string of the molecule is Nc1ccc(NC(=O)Cc2ccsc2)cc1Br. The normalized spacial score (nSPS) is 10.2. The Labute approximate surface area is 112 Å². The monoisotopic (exact) mass is 310 g/mol. The molecule has 1 heterocycles. The Hall–Kier alpha value is -1.33. The summed E-state index contributed by atoms with van der Waals surface area (Å²) in [6, 6.07) is 7.28. The Kier molecular flexibility index (Phi) is 3.81. The van der Waals surface area contributed by atoms with Crippen LogP contribution in [0.15, 0.2) is 39.5 Å². The van der Waals surface area contributed by atoms with Gasteiger partial charge in [0.05, 0.1) is 6.42 Å². The molecule has 5 heteroatoms. The molecule has 0 atom stereocenters. The summed E-state index contributed by atoms with van der Waals surface area (Å²) in [6.45, 7) is 0. The van der Waals surface area contributed by atoms with E-state index in [0.717, 1.165) is 15.7 Å². The highest BCUT2D eigenvalue weighted by molar-refractivity contribution is 9.10. The summed E-state index contributed by atoms with van der Waals surface area (Å²) < 4.78 is 0.783. The molecule has 0 aliphatic carbocycles. The number of nitrogens with two attached hydrogens (primary N) is 1. The van der Waals surface area contributed by atoms with Crippen molar-refractivity contribution in [3.8, 4) is 0 Å². The van der Waals surface area contributed by atoms with E-state index in [1.54, 1.807) is 29.5 Å². The molecule has 0 fully saturated rings. The number of benzene rings is 1. The fourth-order valence-corrected chi connectivity index (χ4v) is 2.44. The Morgan fingerprint density at radius 1 is 1.41 bits per heavy atom. The smallest absolute Gasteiger partial charge is 0.228 e. The maximum Gasteiger partial charge on any atom is 0.228 e. The molecule has 3 nitrogen and oxygen atoms in total. The van der Waals surface area contributed by atoms with E-state index in [9.17, 15) is 4.79 Å². The van der Waals surface area contributed by atoms with Crippen LogP contribution in [-0.2, 0) is 11.2 Å². The van der Waals surface area contributed by atoms with Gasteiger partial charge >= 0.3 is 0 Å². The van der Waals surface area contributed by atoms with Crippen molar-refractivity contribution in [3.05, 3.63) is 45.1 Å². The first-order chi connectivity index (χ1) is 8.15. The summed E-state index contributed by atoms with van der Waals surface area (Å²) in [6.07, 6.45) is 0.394. The van der Waals surface area contributed by atoms with E-state index in [0.29, 0.717) is 12.1 Å². The van der Waals surface area contributed by atoms with Crippen molar-refractivity contribution in [1.82, 2.24) is 0 Å². The van der Waals surface area contributed by atoms with Crippen molar-refractivity contribution in [2.45, 2.75) is 6.42 Å². The molecule has 0 bridgehead atoms. The van der Waals surface area contributed by atoms with Crippen LogP contribution in [0.3, 0.4) is 0 Å². The van der Waals surface area contributed by atoms with Crippen molar-refractivity contribution in [2.75, 3.05) is 11.1 Å². The predicted molar refractivity (Wildman–Crippen MR) is 75.2 cm³/mol. The zero-order chi connectivity index (χ0) is 12.3. The van der Waals surface area contributed by atoms with Gasteiger partial charge in [0.1, 0.15) is 0 Å². The Balaban J connectivity index is 2.00. The summed E-state index contributed by atoms with van der Waals surface area (Å²) in [5.74, 6) is -0.0277. The summed E-state index contributed by atoms with van der Waals surface area (Å²) in [5, 5.41) is 6.76. The molecule has 0 saturated heterocycles. The number of nitrogens with one attached hydrogen (secondary N) is 1. The van der Waals surface area contributed by atoms with Gasteiger partial charge in [-0.1, -0.05) is 0 Å². The van der Waals surface area contributed by atoms with Crippen molar-refractivity contribution >= 4 is 44.5 Å². The molecule has 3 N–H and O–H groups in total. The van der Waals surface area contributed by atoms with Gasteiger partial charge < -0.3 is 11.1 Å². The Bertz CT molecular complexity index is 525. The molecule has 0 unspecified atom stereocenters. The van der Waals surface area contributed by atoms with Crippen LogP contribution < -0.4 is 11.1 Å². The highest BCUT2D eigenvalue weighted by Gasteiger charge is 2.05. The molecular formula is C12H11BrN2OS. The first-order valence-electron chi connectivity index (χ1n) is 5.01. The Morgan fingerprint density at radius 2 is 2.24 bits per heavy atom. The number of carbonyl (C=O) groups is 1. The highest BCUT2D eigenvalue weighted by atomic mass is 79.9. The third-order valence-electron chi connectivity index (χ3n) is 2.23. The minimum Gasteiger partial charge on any atom is -0.398 e.